The fourth-order valence-corrected chi connectivity index (χ4v) is 8.54. The van der Waals surface area contributed by atoms with E-state index in [9.17, 15) is 13.2 Å². The van der Waals surface area contributed by atoms with Gasteiger partial charge in [-0.1, -0.05) is 35.6 Å². The molecule has 0 aliphatic carbocycles. The Labute approximate surface area is 263 Å². The van der Waals surface area contributed by atoms with Crippen LogP contribution >= 0.6 is 23.7 Å². The lowest BCUT2D eigenvalue weighted by Crippen LogP contribution is -2.39. The third-order valence-electron chi connectivity index (χ3n) is 8.01. The van der Waals surface area contributed by atoms with E-state index >= 15 is 0 Å². The summed E-state index contributed by atoms with van der Waals surface area (Å²) in [5.41, 5.74) is 5.36. The van der Waals surface area contributed by atoms with Crippen molar-refractivity contribution in [2.45, 2.75) is 38.0 Å². The molecular formula is C32H37ClN4O4S2. The Morgan fingerprint density at radius 1 is 1.02 bits per heavy atom. The molecule has 0 spiro atoms. The van der Waals surface area contributed by atoms with Crippen molar-refractivity contribution in [1.82, 2.24) is 9.88 Å². The van der Waals surface area contributed by atoms with Crippen LogP contribution in [0, 0.1) is 13.8 Å². The van der Waals surface area contributed by atoms with Gasteiger partial charge in [0.1, 0.15) is 0 Å². The van der Waals surface area contributed by atoms with Gasteiger partial charge in [-0.05, 0) is 86.2 Å². The van der Waals surface area contributed by atoms with Gasteiger partial charge < -0.3 is 4.74 Å². The summed E-state index contributed by atoms with van der Waals surface area (Å²) in [5.74, 6) is -0.183. The fraction of sp³-hybridized carbons (Fsp3) is 0.375. The summed E-state index contributed by atoms with van der Waals surface area (Å²) < 4.78 is 35.3. The Morgan fingerprint density at radius 2 is 1.77 bits per heavy atom. The maximum atomic E-state index is 14.0. The third kappa shape index (κ3) is 6.58. The topological polar surface area (TPSA) is 83.0 Å². The minimum Gasteiger partial charge on any atom is -0.379 e. The first-order chi connectivity index (χ1) is 20.3. The Morgan fingerprint density at radius 3 is 2.53 bits per heavy atom. The van der Waals surface area contributed by atoms with Crippen molar-refractivity contribution < 1.29 is 17.9 Å². The molecule has 0 radical (unpaired) electrons. The van der Waals surface area contributed by atoms with Crippen LogP contribution in [0.5, 0.6) is 0 Å². The monoisotopic (exact) mass is 640 g/mol. The van der Waals surface area contributed by atoms with Gasteiger partial charge in [0.25, 0.3) is 15.9 Å². The zero-order valence-corrected chi connectivity index (χ0v) is 26.9. The number of carbonyl (C=O) groups is 1. The average Bonchev–Trinajstić information content (AvgIpc) is 3.43. The third-order valence-corrected chi connectivity index (χ3v) is 10.9. The first-order valence-electron chi connectivity index (χ1n) is 14.5. The molecule has 1 amide bonds. The zero-order chi connectivity index (χ0) is 29.3. The molecule has 0 unspecified atom stereocenters. The summed E-state index contributed by atoms with van der Waals surface area (Å²) in [5, 5.41) is 0.660. The van der Waals surface area contributed by atoms with Crippen LogP contribution in [0.15, 0.2) is 65.6 Å². The highest BCUT2D eigenvalue weighted by Crippen LogP contribution is 2.34. The number of anilines is 2. The number of hydrogen-bond donors (Lipinski definition) is 0. The van der Waals surface area contributed by atoms with E-state index in [0.717, 1.165) is 84.7 Å². The minimum atomic E-state index is -3.76. The van der Waals surface area contributed by atoms with Gasteiger partial charge in [-0.15, -0.1) is 12.4 Å². The Hall–Kier alpha value is -3.02. The SMILES string of the molecule is Cc1cc(C)c2nc(N(CCCN3CCOCC3)C(=O)c3ccc(S(=O)(=O)N4CCCc5ccccc54)cc3)sc2c1.Cl. The minimum absolute atomic E-state index is 0. The zero-order valence-electron chi connectivity index (χ0n) is 24.5. The Balaban J connectivity index is 0.00000368. The number of para-hydroxylation sites is 1. The molecule has 6 rings (SSSR count). The van der Waals surface area contributed by atoms with Gasteiger partial charge in [0.05, 0.1) is 34.0 Å². The molecule has 2 aliphatic rings. The summed E-state index contributed by atoms with van der Waals surface area (Å²) in [6, 6.07) is 18.2. The summed E-state index contributed by atoms with van der Waals surface area (Å²) >= 11 is 1.52. The van der Waals surface area contributed by atoms with Gasteiger partial charge in [-0.25, -0.2) is 13.4 Å². The first-order valence-corrected chi connectivity index (χ1v) is 16.8. The van der Waals surface area contributed by atoms with E-state index in [2.05, 4.69) is 24.0 Å². The number of fused-ring (bicyclic) bond motifs is 2. The van der Waals surface area contributed by atoms with Gasteiger partial charge in [0.15, 0.2) is 5.13 Å². The van der Waals surface area contributed by atoms with E-state index in [1.807, 2.05) is 31.2 Å². The number of nitrogens with zero attached hydrogens (tertiary/aromatic N) is 4. The highest BCUT2D eigenvalue weighted by atomic mass is 35.5. The van der Waals surface area contributed by atoms with E-state index in [1.54, 1.807) is 29.2 Å². The molecular weight excluding hydrogens is 604 g/mol. The number of rotatable bonds is 8. The number of aromatic nitrogens is 1. The maximum absolute atomic E-state index is 14.0. The number of sulfonamides is 1. The van der Waals surface area contributed by atoms with Crippen molar-refractivity contribution in [1.29, 1.82) is 0 Å². The quantitative estimate of drug-likeness (QED) is 0.241. The number of ether oxygens (including phenoxy) is 1. The van der Waals surface area contributed by atoms with Gasteiger partial charge >= 0.3 is 0 Å². The van der Waals surface area contributed by atoms with Crippen LogP contribution < -0.4 is 9.21 Å². The number of halogens is 1. The summed E-state index contributed by atoms with van der Waals surface area (Å²) in [6.45, 7) is 9.18. The van der Waals surface area contributed by atoms with Crippen LogP contribution in [0.2, 0.25) is 0 Å². The van der Waals surface area contributed by atoms with E-state index in [0.29, 0.717) is 23.8 Å². The van der Waals surface area contributed by atoms with E-state index in [-0.39, 0.29) is 23.2 Å². The predicted molar refractivity (Wildman–Crippen MR) is 176 cm³/mol. The molecule has 3 aromatic carbocycles. The average molecular weight is 641 g/mol. The summed E-state index contributed by atoms with van der Waals surface area (Å²) in [6.07, 6.45) is 2.43. The van der Waals surface area contributed by atoms with Crippen LogP contribution in [0.25, 0.3) is 10.2 Å². The van der Waals surface area contributed by atoms with Crippen molar-refractivity contribution >= 4 is 60.7 Å². The lowest BCUT2D eigenvalue weighted by molar-refractivity contribution is 0.0376. The fourth-order valence-electron chi connectivity index (χ4n) is 5.84. The van der Waals surface area contributed by atoms with E-state index < -0.39 is 10.0 Å². The van der Waals surface area contributed by atoms with Gasteiger partial charge in [-0.2, -0.15) is 0 Å². The number of morpholine rings is 1. The molecule has 3 heterocycles. The number of amides is 1. The maximum Gasteiger partial charge on any atom is 0.264 e. The number of benzene rings is 3. The van der Waals surface area contributed by atoms with Crippen molar-refractivity contribution in [3.63, 3.8) is 0 Å². The van der Waals surface area contributed by atoms with E-state index in [1.165, 1.54) is 15.6 Å². The highest BCUT2D eigenvalue weighted by molar-refractivity contribution is 7.92. The van der Waals surface area contributed by atoms with Crippen molar-refractivity contribution in [3.05, 3.63) is 82.9 Å². The molecule has 4 aromatic rings. The van der Waals surface area contributed by atoms with Gasteiger partial charge in [0, 0.05) is 38.3 Å². The van der Waals surface area contributed by atoms with Crippen LogP contribution in [0.4, 0.5) is 10.8 Å². The number of thiazole rings is 1. The lowest BCUT2D eigenvalue weighted by Gasteiger charge is -2.30. The Bertz CT molecular complexity index is 1700. The molecule has 0 bridgehead atoms. The summed E-state index contributed by atoms with van der Waals surface area (Å²) in [7, 11) is -3.76. The molecule has 11 heteroatoms. The van der Waals surface area contributed by atoms with Crippen molar-refractivity contribution in [2.24, 2.45) is 0 Å². The van der Waals surface area contributed by atoms with Crippen LogP contribution in [-0.4, -0.2) is 70.1 Å². The molecule has 8 nitrogen and oxygen atoms in total. The van der Waals surface area contributed by atoms with Gasteiger partial charge in [-0.3, -0.25) is 18.9 Å². The largest absolute Gasteiger partial charge is 0.379 e. The molecule has 228 valence electrons. The molecule has 1 aromatic heterocycles. The summed E-state index contributed by atoms with van der Waals surface area (Å²) in [4.78, 5) is 23.2. The molecule has 0 saturated carbocycles. The second kappa shape index (κ2) is 13.3. The van der Waals surface area contributed by atoms with Crippen LogP contribution in [-0.2, 0) is 21.2 Å². The lowest BCUT2D eigenvalue weighted by atomic mass is 10.0. The van der Waals surface area contributed by atoms with Crippen LogP contribution in [0.1, 0.15) is 39.9 Å². The highest BCUT2D eigenvalue weighted by Gasteiger charge is 2.29. The first kappa shape index (κ1) is 31.4. The van der Waals surface area contributed by atoms with Crippen LogP contribution in [0.3, 0.4) is 0 Å². The molecule has 1 fully saturated rings. The standard InChI is InChI=1S/C32H36N4O4S2.ClH/c1-23-21-24(2)30-29(22-23)41-32(33-30)35(15-6-14-34-17-19-40-20-18-34)31(37)26-10-12-27(13-11-26)42(38,39)36-16-5-8-25-7-3-4-9-28(25)36;/h3-4,7,9-13,21-22H,5-6,8,14-20H2,1-2H3;1H. The number of hydrogen-bond acceptors (Lipinski definition) is 7. The molecule has 2 aliphatic heterocycles. The smallest absolute Gasteiger partial charge is 0.264 e. The molecule has 0 atom stereocenters. The van der Waals surface area contributed by atoms with Crippen molar-refractivity contribution in [3.8, 4) is 0 Å². The number of aryl methyl sites for hydroxylation is 3. The number of carbonyl (C=O) groups excluding carboxylic acids is 1. The Kier molecular flexibility index (Phi) is 9.73. The second-order valence-electron chi connectivity index (χ2n) is 11.0. The molecule has 0 N–H and O–H groups in total. The second-order valence-corrected chi connectivity index (χ2v) is 13.9. The van der Waals surface area contributed by atoms with Gasteiger partial charge in [0.2, 0.25) is 0 Å². The molecule has 43 heavy (non-hydrogen) atoms. The van der Waals surface area contributed by atoms with E-state index in [4.69, 9.17) is 9.72 Å². The molecule has 1 saturated heterocycles. The predicted octanol–water partition coefficient (Wildman–Crippen LogP) is 5.85. The van der Waals surface area contributed by atoms with Crippen molar-refractivity contribution in [2.75, 3.05) is 55.1 Å². The normalized spacial score (nSPS) is 15.6.